The van der Waals surface area contributed by atoms with Gasteiger partial charge in [0.25, 0.3) is 5.56 Å². The van der Waals surface area contributed by atoms with Gasteiger partial charge < -0.3 is 0 Å². The summed E-state index contributed by atoms with van der Waals surface area (Å²) in [6, 6.07) is 8.25. The molecule has 6 heteroatoms. The summed E-state index contributed by atoms with van der Waals surface area (Å²) >= 11 is 1.51. The first-order chi connectivity index (χ1) is 12.5. The normalized spacial score (nSPS) is 14.9. The van der Waals surface area contributed by atoms with Crippen molar-refractivity contribution in [2.45, 2.75) is 44.3 Å². The molecule has 0 unspecified atom stereocenters. The molecule has 0 atom stereocenters. The van der Waals surface area contributed by atoms with Gasteiger partial charge in [-0.1, -0.05) is 56.0 Å². The van der Waals surface area contributed by atoms with Crippen molar-refractivity contribution in [2.75, 3.05) is 5.75 Å². The predicted octanol–water partition coefficient (Wildman–Crippen LogP) is 3.69. The van der Waals surface area contributed by atoms with Crippen molar-refractivity contribution in [1.29, 1.82) is 0 Å². The second-order valence-electron chi connectivity index (χ2n) is 7.19. The molecule has 2 aromatic heterocycles. The van der Waals surface area contributed by atoms with E-state index >= 15 is 0 Å². The van der Waals surface area contributed by atoms with Gasteiger partial charge in [0.05, 0.1) is 11.3 Å². The van der Waals surface area contributed by atoms with Gasteiger partial charge in [-0.2, -0.15) is 0 Å². The monoisotopic (exact) mass is 366 g/mol. The first kappa shape index (κ1) is 17.1. The van der Waals surface area contributed by atoms with Crippen LogP contribution in [0.25, 0.3) is 17.0 Å². The van der Waals surface area contributed by atoms with Gasteiger partial charge in [0.2, 0.25) is 5.78 Å². The lowest BCUT2D eigenvalue weighted by Gasteiger charge is -2.32. The van der Waals surface area contributed by atoms with Crippen molar-refractivity contribution in [1.82, 2.24) is 19.2 Å². The molecule has 1 aromatic carbocycles. The van der Waals surface area contributed by atoms with Crippen LogP contribution in [0.4, 0.5) is 0 Å². The second kappa shape index (κ2) is 6.13. The Hall–Kier alpha value is -2.34. The smallest absolute Gasteiger partial charge is 0.265 e. The Morgan fingerprint density at radius 2 is 2.12 bits per heavy atom. The second-order valence-corrected chi connectivity index (χ2v) is 8.18. The molecule has 1 aliphatic rings. The maximum atomic E-state index is 13.5. The molecule has 5 nitrogen and oxygen atoms in total. The van der Waals surface area contributed by atoms with E-state index in [2.05, 4.69) is 37.7 Å². The summed E-state index contributed by atoms with van der Waals surface area (Å²) in [5, 5.41) is 5.29. The van der Waals surface area contributed by atoms with Gasteiger partial charge in [0.1, 0.15) is 0 Å². The summed E-state index contributed by atoms with van der Waals surface area (Å²) in [6.07, 6.45) is 2.65. The van der Waals surface area contributed by atoms with Crippen LogP contribution in [0, 0.1) is 0 Å². The lowest BCUT2D eigenvalue weighted by atomic mass is 9.72. The van der Waals surface area contributed by atoms with Crippen molar-refractivity contribution in [3.05, 3.63) is 58.4 Å². The van der Waals surface area contributed by atoms with Crippen molar-refractivity contribution in [2.24, 2.45) is 0 Å². The molecule has 0 amide bonds. The third-order valence-corrected chi connectivity index (χ3v) is 5.83. The zero-order valence-corrected chi connectivity index (χ0v) is 16.1. The van der Waals surface area contributed by atoms with E-state index in [1.807, 2.05) is 25.1 Å². The van der Waals surface area contributed by atoms with E-state index in [1.165, 1.54) is 17.3 Å². The molecule has 134 valence electrons. The molecule has 0 N–H and O–H groups in total. The summed E-state index contributed by atoms with van der Waals surface area (Å²) in [4.78, 5) is 18.5. The fourth-order valence-electron chi connectivity index (χ4n) is 3.76. The van der Waals surface area contributed by atoms with Gasteiger partial charge in [-0.3, -0.25) is 4.79 Å². The van der Waals surface area contributed by atoms with E-state index in [4.69, 9.17) is 4.98 Å². The van der Waals surface area contributed by atoms with Crippen LogP contribution in [0.5, 0.6) is 0 Å². The zero-order valence-electron chi connectivity index (χ0n) is 15.3. The molecule has 3 aromatic rings. The largest absolute Gasteiger partial charge is 0.268 e. The maximum Gasteiger partial charge on any atom is 0.265 e. The van der Waals surface area contributed by atoms with Crippen molar-refractivity contribution in [3.63, 3.8) is 0 Å². The van der Waals surface area contributed by atoms with Gasteiger partial charge >= 0.3 is 0 Å². The highest BCUT2D eigenvalue weighted by molar-refractivity contribution is 7.99. The average molecular weight is 366 g/mol. The summed E-state index contributed by atoms with van der Waals surface area (Å²) in [5.74, 6) is 1.31. The Morgan fingerprint density at radius 3 is 2.85 bits per heavy atom. The number of aryl methyl sites for hydroxylation is 1. The molecule has 0 aliphatic heterocycles. The molecule has 0 fully saturated rings. The fraction of sp³-hybridized carbons (Fsp3) is 0.350. The van der Waals surface area contributed by atoms with E-state index in [0.717, 1.165) is 23.2 Å². The molecular weight excluding hydrogens is 344 g/mol. The summed E-state index contributed by atoms with van der Waals surface area (Å²) in [6.45, 7) is 10.7. The lowest BCUT2D eigenvalue weighted by molar-refractivity contribution is 0.505. The fourth-order valence-corrected chi connectivity index (χ4v) is 4.48. The minimum Gasteiger partial charge on any atom is -0.268 e. The highest BCUT2D eigenvalue weighted by Crippen LogP contribution is 2.40. The number of benzene rings is 1. The Kier molecular flexibility index (Phi) is 4.03. The van der Waals surface area contributed by atoms with Crippen LogP contribution >= 0.6 is 11.8 Å². The molecule has 4 rings (SSSR count). The van der Waals surface area contributed by atoms with Gasteiger partial charge in [-0.15, -0.1) is 11.7 Å². The molecule has 0 radical (unpaired) electrons. The Balaban J connectivity index is 2.10. The maximum absolute atomic E-state index is 13.5. The number of hydrogen-bond acceptors (Lipinski definition) is 4. The molecule has 1 aliphatic carbocycles. The number of hydrogen-bond donors (Lipinski definition) is 0. The third kappa shape index (κ3) is 2.43. The van der Waals surface area contributed by atoms with Crippen LogP contribution in [-0.4, -0.2) is 24.9 Å². The first-order valence-electron chi connectivity index (χ1n) is 8.84. The lowest BCUT2D eigenvalue weighted by Crippen LogP contribution is -2.36. The van der Waals surface area contributed by atoms with Crippen LogP contribution in [-0.2, 0) is 18.4 Å². The molecule has 0 spiro atoms. The van der Waals surface area contributed by atoms with Crippen LogP contribution in [0.1, 0.15) is 31.9 Å². The number of nitrogens with zero attached hydrogens (tertiary/aromatic N) is 4. The summed E-state index contributed by atoms with van der Waals surface area (Å²) in [5.41, 5.74) is 3.61. The molecule has 26 heavy (non-hydrogen) atoms. The van der Waals surface area contributed by atoms with Gasteiger partial charge in [0.15, 0.2) is 5.16 Å². The highest BCUT2D eigenvalue weighted by atomic mass is 32.2. The molecule has 2 heterocycles. The van der Waals surface area contributed by atoms with Gasteiger partial charge in [-0.25, -0.2) is 14.1 Å². The Labute approximate surface area is 156 Å². The Bertz CT molecular complexity index is 1080. The van der Waals surface area contributed by atoms with E-state index in [0.29, 0.717) is 23.2 Å². The average Bonchev–Trinajstić information content (AvgIpc) is 2.97. The van der Waals surface area contributed by atoms with Gasteiger partial charge in [-0.05, 0) is 18.9 Å². The summed E-state index contributed by atoms with van der Waals surface area (Å²) < 4.78 is 3.48. The molecular formula is C20H22N4OS. The topological polar surface area (TPSA) is 52.2 Å². The van der Waals surface area contributed by atoms with Crippen molar-refractivity contribution < 1.29 is 0 Å². The van der Waals surface area contributed by atoms with Crippen molar-refractivity contribution in [3.8, 4) is 11.3 Å². The molecule has 0 saturated heterocycles. The quantitative estimate of drug-likeness (QED) is 0.522. The van der Waals surface area contributed by atoms with Crippen LogP contribution in [0.3, 0.4) is 0 Å². The minimum absolute atomic E-state index is 0.00392. The molecule has 0 saturated carbocycles. The highest BCUT2D eigenvalue weighted by Gasteiger charge is 2.36. The van der Waals surface area contributed by atoms with Gasteiger partial charge in [0, 0.05) is 23.3 Å². The predicted molar refractivity (Wildman–Crippen MR) is 106 cm³/mol. The van der Waals surface area contributed by atoms with E-state index in [9.17, 15) is 4.79 Å². The zero-order chi connectivity index (χ0) is 18.5. The Morgan fingerprint density at radius 1 is 1.35 bits per heavy atom. The minimum atomic E-state index is -0.274. The SMILES string of the molecule is C=CCSc1nn(CC)c2nc3c(c(=O)n12)C(C)(C)Cc1ccccc1-3. The third-order valence-electron chi connectivity index (χ3n) is 4.91. The molecule has 0 bridgehead atoms. The number of fused-ring (bicyclic) bond motifs is 4. The van der Waals surface area contributed by atoms with E-state index < -0.39 is 0 Å². The van der Waals surface area contributed by atoms with Crippen LogP contribution in [0.2, 0.25) is 0 Å². The number of aromatic nitrogens is 4. The van der Waals surface area contributed by atoms with E-state index in [1.54, 1.807) is 9.08 Å². The van der Waals surface area contributed by atoms with Crippen LogP contribution in [0.15, 0.2) is 46.9 Å². The van der Waals surface area contributed by atoms with Crippen molar-refractivity contribution >= 4 is 17.5 Å². The number of rotatable bonds is 4. The number of thioether (sulfide) groups is 1. The summed E-state index contributed by atoms with van der Waals surface area (Å²) in [7, 11) is 0. The standard InChI is InChI=1S/C20H22N4OS/c1-5-11-26-19-22-23(6-2)18-21-16-14-10-8-7-9-13(14)12-20(3,4)15(16)17(25)24(18)19/h5,7-10H,1,6,11-12H2,2-4H3. The van der Waals surface area contributed by atoms with E-state index in [-0.39, 0.29) is 11.0 Å². The van der Waals surface area contributed by atoms with Crippen LogP contribution < -0.4 is 5.56 Å². The first-order valence-corrected chi connectivity index (χ1v) is 9.82.